The highest BCUT2D eigenvalue weighted by Gasteiger charge is 1.97. The fourth-order valence-electron chi connectivity index (χ4n) is 1.24. The first-order valence-corrected chi connectivity index (χ1v) is 5.17. The molecule has 0 aliphatic carbocycles. The topological polar surface area (TPSA) is 42.7 Å². The maximum atomic E-state index is 5.74. The molecule has 0 saturated heterocycles. The number of nitrogens with zero attached hydrogens (tertiary/aromatic N) is 3. The first-order valence-electron chi connectivity index (χ1n) is 4.79. The van der Waals surface area contributed by atoms with Crippen molar-refractivity contribution in [2.45, 2.75) is 6.54 Å². The molecule has 0 aliphatic rings. The highest BCUT2D eigenvalue weighted by Crippen LogP contribution is 2.10. The lowest BCUT2D eigenvalue weighted by atomic mass is 10.3. The zero-order valence-corrected chi connectivity index (χ0v) is 9.35. The summed E-state index contributed by atoms with van der Waals surface area (Å²) in [6.45, 7) is 4.29. The molecule has 0 unspecified atom stereocenters. The minimum absolute atomic E-state index is 0.630. The van der Waals surface area contributed by atoms with E-state index in [-0.39, 0.29) is 0 Å². The van der Waals surface area contributed by atoms with Gasteiger partial charge in [-0.25, -0.2) is 9.67 Å². The molecule has 0 aromatic carbocycles. The summed E-state index contributed by atoms with van der Waals surface area (Å²) < 4.78 is 1.66. The van der Waals surface area contributed by atoms with Crippen LogP contribution in [-0.4, -0.2) is 14.8 Å². The third-order valence-corrected chi connectivity index (χ3v) is 2.27. The number of nitrogens with one attached hydrogen (secondary N) is 1. The molecule has 2 aromatic heterocycles. The van der Waals surface area contributed by atoms with E-state index in [0.717, 1.165) is 11.4 Å². The van der Waals surface area contributed by atoms with Crippen molar-refractivity contribution in [1.29, 1.82) is 0 Å². The largest absolute Gasteiger partial charge is 0.366 e. The predicted molar refractivity (Wildman–Crippen MR) is 65.2 cm³/mol. The normalized spacial score (nSPS) is 10.1. The second-order valence-electron chi connectivity index (χ2n) is 3.23. The van der Waals surface area contributed by atoms with E-state index in [4.69, 9.17) is 11.6 Å². The van der Waals surface area contributed by atoms with Crippen LogP contribution in [0.1, 0.15) is 5.56 Å². The van der Waals surface area contributed by atoms with Crippen LogP contribution in [-0.2, 0) is 6.54 Å². The summed E-state index contributed by atoms with van der Waals surface area (Å²) in [4.78, 5) is 4.13. The van der Waals surface area contributed by atoms with E-state index < -0.39 is 0 Å². The quantitative estimate of drug-likeness (QED) is 0.885. The van der Waals surface area contributed by atoms with Gasteiger partial charge < -0.3 is 5.32 Å². The monoisotopic (exact) mass is 234 g/mol. The number of pyridine rings is 1. The second kappa shape index (κ2) is 4.81. The first kappa shape index (κ1) is 10.7. The van der Waals surface area contributed by atoms with Crippen LogP contribution >= 0.6 is 11.6 Å². The van der Waals surface area contributed by atoms with E-state index in [0.29, 0.717) is 11.6 Å². The number of hydrogen-bond acceptors (Lipinski definition) is 3. The number of halogens is 1. The van der Waals surface area contributed by atoms with Crippen molar-refractivity contribution in [3.63, 3.8) is 0 Å². The Bertz CT molecular complexity index is 475. The van der Waals surface area contributed by atoms with Crippen molar-refractivity contribution in [2.75, 3.05) is 5.32 Å². The molecule has 2 aromatic rings. The molecule has 0 radical (unpaired) electrons. The predicted octanol–water partition coefficient (Wildman–Crippen LogP) is 2.64. The van der Waals surface area contributed by atoms with Crippen LogP contribution < -0.4 is 5.32 Å². The zero-order valence-electron chi connectivity index (χ0n) is 8.60. The molecular formula is C11H11ClN4. The molecule has 2 heterocycles. The van der Waals surface area contributed by atoms with E-state index in [1.807, 2.05) is 12.3 Å². The minimum Gasteiger partial charge on any atom is -0.366 e. The lowest BCUT2D eigenvalue weighted by Gasteiger charge is -2.02. The third-order valence-electron chi connectivity index (χ3n) is 2.04. The lowest BCUT2D eigenvalue weighted by molar-refractivity contribution is 0.936. The van der Waals surface area contributed by atoms with Crippen LogP contribution in [0.25, 0.3) is 6.20 Å². The van der Waals surface area contributed by atoms with Crippen LogP contribution in [0, 0.1) is 0 Å². The Balaban J connectivity index is 1.96. The maximum Gasteiger partial charge on any atom is 0.126 e. The summed E-state index contributed by atoms with van der Waals surface area (Å²) in [6, 6.07) is 3.63. The Morgan fingerprint density at radius 3 is 2.94 bits per heavy atom. The van der Waals surface area contributed by atoms with Crippen LogP contribution in [0.5, 0.6) is 0 Å². The molecule has 5 heteroatoms. The van der Waals surface area contributed by atoms with Crippen LogP contribution in [0.15, 0.2) is 37.3 Å². The Morgan fingerprint density at radius 2 is 2.31 bits per heavy atom. The van der Waals surface area contributed by atoms with Gasteiger partial charge in [-0.05, 0) is 12.1 Å². The molecule has 2 rings (SSSR count). The molecule has 82 valence electrons. The van der Waals surface area contributed by atoms with Gasteiger partial charge in [0.15, 0.2) is 0 Å². The number of anilines is 1. The van der Waals surface area contributed by atoms with Crippen LogP contribution in [0.2, 0.25) is 5.02 Å². The Labute approximate surface area is 98.6 Å². The van der Waals surface area contributed by atoms with Crippen LogP contribution in [0.3, 0.4) is 0 Å². The highest BCUT2D eigenvalue weighted by atomic mass is 35.5. The van der Waals surface area contributed by atoms with Crippen molar-refractivity contribution in [1.82, 2.24) is 14.8 Å². The number of rotatable bonds is 4. The first-order chi connectivity index (χ1) is 7.78. The second-order valence-corrected chi connectivity index (χ2v) is 3.66. The summed E-state index contributed by atoms with van der Waals surface area (Å²) in [5.74, 6) is 0.788. The molecule has 0 fully saturated rings. The van der Waals surface area contributed by atoms with E-state index in [1.165, 1.54) is 0 Å². The van der Waals surface area contributed by atoms with Gasteiger partial charge in [-0.3, -0.25) is 0 Å². The van der Waals surface area contributed by atoms with Crippen molar-refractivity contribution in [3.8, 4) is 0 Å². The van der Waals surface area contributed by atoms with E-state index in [2.05, 4.69) is 22.0 Å². The average Bonchev–Trinajstić information content (AvgIpc) is 2.76. The summed E-state index contributed by atoms with van der Waals surface area (Å²) in [6.07, 6.45) is 6.93. The molecule has 0 spiro atoms. The standard InChI is InChI=1S/C11H11ClN4/c1-2-16-8-9(6-15-16)5-13-11-4-3-10(12)7-14-11/h2-4,6-8H,1,5H2,(H,13,14). The van der Waals surface area contributed by atoms with Crippen LogP contribution in [0.4, 0.5) is 5.82 Å². The van der Waals surface area contributed by atoms with Crippen molar-refractivity contribution < 1.29 is 0 Å². The van der Waals surface area contributed by atoms with E-state index in [9.17, 15) is 0 Å². The fourth-order valence-corrected chi connectivity index (χ4v) is 1.35. The molecular weight excluding hydrogens is 224 g/mol. The smallest absolute Gasteiger partial charge is 0.126 e. The lowest BCUT2D eigenvalue weighted by Crippen LogP contribution is -1.99. The van der Waals surface area contributed by atoms with Gasteiger partial charge in [0.2, 0.25) is 0 Å². The summed E-state index contributed by atoms with van der Waals surface area (Å²) in [5.41, 5.74) is 1.07. The Kier molecular flexibility index (Phi) is 3.22. The molecule has 1 N–H and O–H groups in total. The summed E-state index contributed by atoms with van der Waals surface area (Å²) in [7, 11) is 0. The average molecular weight is 235 g/mol. The summed E-state index contributed by atoms with van der Waals surface area (Å²) in [5, 5.41) is 7.88. The van der Waals surface area contributed by atoms with Crippen molar-refractivity contribution in [2.24, 2.45) is 0 Å². The van der Waals surface area contributed by atoms with Crippen molar-refractivity contribution in [3.05, 3.63) is 47.9 Å². The number of hydrogen-bond donors (Lipinski definition) is 1. The van der Waals surface area contributed by atoms with Gasteiger partial charge in [0.05, 0.1) is 11.2 Å². The highest BCUT2D eigenvalue weighted by molar-refractivity contribution is 6.30. The summed E-state index contributed by atoms with van der Waals surface area (Å²) >= 11 is 5.74. The van der Waals surface area contributed by atoms with Gasteiger partial charge in [0, 0.05) is 30.7 Å². The minimum atomic E-state index is 0.630. The van der Waals surface area contributed by atoms with Gasteiger partial charge in [-0.2, -0.15) is 5.10 Å². The number of aromatic nitrogens is 3. The molecule has 0 saturated carbocycles. The molecule has 0 aliphatic heterocycles. The zero-order chi connectivity index (χ0) is 11.4. The van der Waals surface area contributed by atoms with Gasteiger partial charge in [-0.1, -0.05) is 18.2 Å². The SMILES string of the molecule is C=Cn1cc(CNc2ccc(Cl)cn2)cn1. The molecule has 0 bridgehead atoms. The van der Waals surface area contributed by atoms with Gasteiger partial charge in [0.1, 0.15) is 5.82 Å². The molecule has 4 nitrogen and oxygen atoms in total. The molecule has 16 heavy (non-hydrogen) atoms. The molecule has 0 atom stereocenters. The Morgan fingerprint density at radius 1 is 1.44 bits per heavy atom. The third kappa shape index (κ3) is 2.61. The Hall–Kier alpha value is -1.81. The van der Waals surface area contributed by atoms with Gasteiger partial charge in [-0.15, -0.1) is 0 Å². The maximum absolute atomic E-state index is 5.74. The fraction of sp³-hybridized carbons (Fsp3) is 0.0909. The van der Waals surface area contributed by atoms with Gasteiger partial charge >= 0.3 is 0 Å². The van der Waals surface area contributed by atoms with Crippen molar-refractivity contribution >= 4 is 23.6 Å². The van der Waals surface area contributed by atoms with E-state index in [1.54, 1.807) is 29.3 Å². The van der Waals surface area contributed by atoms with Gasteiger partial charge in [0.25, 0.3) is 0 Å². The van der Waals surface area contributed by atoms with E-state index >= 15 is 0 Å². The molecule has 0 amide bonds.